The van der Waals surface area contributed by atoms with Crippen LogP contribution < -0.4 is 5.32 Å². The highest BCUT2D eigenvalue weighted by Gasteiger charge is 2.32. The molecule has 3 aromatic rings. The van der Waals surface area contributed by atoms with Gasteiger partial charge in [0.15, 0.2) is 0 Å². The molecule has 0 aliphatic carbocycles. The highest BCUT2D eigenvalue weighted by Crippen LogP contribution is 2.34. The third-order valence-corrected chi connectivity index (χ3v) is 7.14. The van der Waals surface area contributed by atoms with Crippen molar-refractivity contribution in [1.29, 1.82) is 0 Å². The molecule has 0 bridgehead atoms. The largest absolute Gasteiger partial charge is 0.417 e. The van der Waals surface area contributed by atoms with E-state index in [0.717, 1.165) is 30.7 Å². The van der Waals surface area contributed by atoms with Crippen LogP contribution in [0, 0.1) is 19.8 Å². The van der Waals surface area contributed by atoms with Crippen LogP contribution in [0.25, 0.3) is 5.65 Å². The molecule has 2 heterocycles. The molecule has 1 atom stereocenters. The smallest absolute Gasteiger partial charge is 0.396 e. The lowest BCUT2D eigenvalue weighted by Gasteiger charge is -2.17. The first-order valence-electron chi connectivity index (χ1n) is 11.4. The minimum absolute atomic E-state index is 0.0635. The van der Waals surface area contributed by atoms with Gasteiger partial charge in [-0.3, -0.25) is 4.79 Å². The lowest BCUT2D eigenvalue weighted by atomic mass is 9.92. The second kappa shape index (κ2) is 11.6. The van der Waals surface area contributed by atoms with Gasteiger partial charge in [-0.2, -0.15) is 13.2 Å². The Labute approximate surface area is 212 Å². The van der Waals surface area contributed by atoms with Crippen LogP contribution in [0.2, 0.25) is 10.0 Å². The number of nitrogens with zero attached hydrogens (tertiary/aromatic N) is 2. The first kappa shape index (κ1) is 27.3. The number of alkyl halides is 3. The Bertz CT molecular complexity index is 1200. The number of aromatic nitrogens is 2. The van der Waals surface area contributed by atoms with Crippen LogP contribution in [0.4, 0.5) is 13.2 Å². The maximum Gasteiger partial charge on any atom is 0.417 e. The molecule has 1 aromatic carbocycles. The van der Waals surface area contributed by atoms with E-state index in [1.165, 1.54) is 4.40 Å². The summed E-state index contributed by atoms with van der Waals surface area (Å²) in [5.74, 6) is 0.217. The maximum atomic E-state index is 13.3. The first-order valence-corrected chi connectivity index (χ1v) is 12.1. The van der Waals surface area contributed by atoms with E-state index >= 15 is 0 Å². The number of carbonyl (C=O) groups excluding carboxylic acids is 1. The molecule has 2 N–H and O–H groups in total. The van der Waals surface area contributed by atoms with Gasteiger partial charge >= 0.3 is 6.18 Å². The molecule has 2 aromatic heterocycles. The van der Waals surface area contributed by atoms with Gasteiger partial charge < -0.3 is 14.8 Å². The molecule has 0 fully saturated rings. The van der Waals surface area contributed by atoms with Crippen LogP contribution in [0.5, 0.6) is 0 Å². The summed E-state index contributed by atoms with van der Waals surface area (Å²) in [7, 11) is 0. The number of fused-ring (bicyclic) bond motifs is 1. The molecule has 3 rings (SSSR count). The number of imidazole rings is 1. The molecule has 0 spiro atoms. The van der Waals surface area contributed by atoms with E-state index < -0.39 is 11.7 Å². The molecule has 0 saturated carbocycles. The van der Waals surface area contributed by atoms with Crippen LogP contribution in [-0.2, 0) is 23.8 Å². The number of benzene rings is 1. The van der Waals surface area contributed by atoms with E-state index in [0.29, 0.717) is 64.0 Å². The van der Waals surface area contributed by atoms with Crippen LogP contribution in [0.15, 0.2) is 24.4 Å². The SMILES string of the molecule is Cc1cc(C(F)(F)F)cn2c(C)c(Cc3c(Cl)ccc(CCC(CCO)CCNC=O)c3Cl)nc12. The van der Waals surface area contributed by atoms with Crippen molar-refractivity contribution in [2.75, 3.05) is 13.2 Å². The molecular formula is C25H28Cl2F3N3O2. The summed E-state index contributed by atoms with van der Waals surface area (Å²) < 4.78 is 41.3. The molecule has 35 heavy (non-hydrogen) atoms. The summed E-state index contributed by atoms with van der Waals surface area (Å²) in [6.07, 6.45) is 0.355. The lowest BCUT2D eigenvalue weighted by molar-refractivity contribution is -0.137. The van der Waals surface area contributed by atoms with E-state index in [9.17, 15) is 23.1 Å². The summed E-state index contributed by atoms with van der Waals surface area (Å²) in [4.78, 5) is 15.1. The molecule has 5 nitrogen and oxygen atoms in total. The van der Waals surface area contributed by atoms with Gasteiger partial charge in [-0.25, -0.2) is 4.98 Å². The van der Waals surface area contributed by atoms with Gasteiger partial charge in [-0.1, -0.05) is 29.3 Å². The van der Waals surface area contributed by atoms with Crippen LogP contribution in [-0.4, -0.2) is 34.1 Å². The molecule has 10 heteroatoms. The average molecular weight is 530 g/mol. The zero-order valence-corrected chi connectivity index (χ0v) is 21.1. The molecule has 0 radical (unpaired) electrons. The summed E-state index contributed by atoms with van der Waals surface area (Å²) in [6, 6.07) is 4.73. The Hall–Kier alpha value is -2.29. The Morgan fingerprint density at radius 2 is 1.94 bits per heavy atom. The van der Waals surface area contributed by atoms with Crippen LogP contribution in [0.3, 0.4) is 0 Å². The first-order chi connectivity index (χ1) is 16.6. The number of amides is 1. The van der Waals surface area contributed by atoms with E-state index in [4.69, 9.17) is 23.2 Å². The third-order valence-electron chi connectivity index (χ3n) is 6.32. The molecule has 1 amide bonds. The van der Waals surface area contributed by atoms with Gasteiger partial charge in [0.2, 0.25) is 6.41 Å². The fourth-order valence-electron chi connectivity index (χ4n) is 4.28. The number of aliphatic hydroxyl groups excluding tert-OH is 1. The fraction of sp³-hybridized carbons (Fsp3) is 0.440. The normalized spacial score (nSPS) is 12.8. The van der Waals surface area contributed by atoms with E-state index in [1.807, 2.05) is 6.07 Å². The minimum Gasteiger partial charge on any atom is -0.396 e. The third kappa shape index (κ3) is 6.48. The van der Waals surface area contributed by atoms with Gasteiger partial charge in [0.05, 0.1) is 11.3 Å². The number of nitrogens with one attached hydrogen (secondary N) is 1. The van der Waals surface area contributed by atoms with E-state index in [-0.39, 0.29) is 18.9 Å². The monoisotopic (exact) mass is 529 g/mol. The Morgan fingerprint density at radius 3 is 2.60 bits per heavy atom. The van der Waals surface area contributed by atoms with Gasteiger partial charge in [0.25, 0.3) is 0 Å². The molecule has 0 aliphatic rings. The minimum atomic E-state index is -4.45. The number of aliphatic hydroxyl groups is 1. The molecule has 1 unspecified atom stereocenters. The number of rotatable bonds is 11. The number of aryl methyl sites for hydroxylation is 3. The molecule has 190 valence electrons. The van der Waals surface area contributed by atoms with Crippen molar-refractivity contribution in [3.05, 3.63) is 68.1 Å². The Kier molecular flexibility index (Phi) is 9.07. The topological polar surface area (TPSA) is 66.6 Å². The standard InChI is InChI=1S/C25H28Cl2F3N3O2/c1-15-11-19(25(28,29)30)13-33-16(2)22(32-24(15)33)12-20-21(26)6-5-18(23(20)27)4-3-17(8-10-34)7-9-31-14-35/h5-6,11,13-14,17,34H,3-4,7-10,12H2,1-2H3,(H,31,35). The number of carbonyl (C=O) groups is 1. The average Bonchev–Trinajstić information content (AvgIpc) is 3.11. The molecule has 0 saturated heterocycles. The summed E-state index contributed by atoms with van der Waals surface area (Å²) in [5.41, 5.74) is 2.93. The number of halogens is 5. The van der Waals surface area contributed by atoms with E-state index in [1.54, 1.807) is 19.9 Å². The van der Waals surface area contributed by atoms with Crippen molar-refractivity contribution in [2.24, 2.45) is 5.92 Å². The number of pyridine rings is 1. The zero-order valence-electron chi connectivity index (χ0n) is 19.6. The number of hydrogen-bond acceptors (Lipinski definition) is 3. The van der Waals surface area contributed by atoms with Crippen molar-refractivity contribution in [2.45, 2.75) is 52.1 Å². The van der Waals surface area contributed by atoms with Gasteiger partial charge in [-0.15, -0.1) is 0 Å². The van der Waals surface area contributed by atoms with Crippen molar-refractivity contribution in [3.8, 4) is 0 Å². The fourth-order valence-corrected chi connectivity index (χ4v) is 4.88. The zero-order chi connectivity index (χ0) is 25.8. The highest BCUT2D eigenvalue weighted by molar-refractivity contribution is 6.36. The van der Waals surface area contributed by atoms with E-state index in [2.05, 4.69) is 10.3 Å². The molecular weight excluding hydrogens is 502 g/mol. The Morgan fingerprint density at radius 1 is 1.20 bits per heavy atom. The summed E-state index contributed by atoms with van der Waals surface area (Å²) in [6.45, 7) is 3.94. The second-order valence-electron chi connectivity index (χ2n) is 8.70. The lowest BCUT2D eigenvalue weighted by Crippen LogP contribution is -2.17. The van der Waals surface area contributed by atoms with Crippen molar-refractivity contribution >= 4 is 35.3 Å². The van der Waals surface area contributed by atoms with Gasteiger partial charge in [0.1, 0.15) is 5.65 Å². The van der Waals surface area contributed by atoms with Crippen LogP contribution in [0.1, 0.15) is 52.9 Å². The predicted octanol–water partition coefficient (Wildman–Crippen LogP) is 5.93. The Balaban J connectivity index is 1.87. The summed E-state index contributed by atoms with van der Waals surface area (Å²) >= 11 is 13.2. The quantitative estimate of drug-likeness (QED) is 0.239. The second-order valence-corrected chi connectivity index (χ2v) is 9.49. The van der Waals surface area contributed by atoms with Crippen molar-refractivity contribution in [3.63, 3.8) is 0 Å². The van der Waals surface area contributed by atoms with Gasteiger partial charge in [0, 0.05) is 41.5 Å². The van der Waals surface area contributed by atoms with Crippen molar-refractivity contribution in [1.82, 2.24) is 14.7 Å². The predicted molar refractivity (Wildman–Crippen MR) is 131 cm³/mol. The number of hydrogen-bond donors (Lipinski definition) is 2. The van der Waals surface area contributed by atoms with Crippen LogP contribution >= 0.6 is 23.2 Å². The van der Waals surface area contributed by atoms with Crippen molar-refractivity contribution < 1.29 is 23.1 Å². The highest BCUT2D eigenvalue weighted by atomic mass is 35.5. The van der Waals surface area contributed by atoms with Gasteiger partial charge in [-0.05, 0) is 74.3 Å². The maximum absolute atomic E-state index is 13.3. The summed E-state index contributed by atoms with van der Waals surface area (Å²) in [5, 5.41) is 13.0. The molecule has 0 aliphatic heterocycles.